The first-order valence-corrected chi connectivity index (χ1v) is 11.9. The van der Waals surface area contributed by atoms with Crippen molar-refractivity contribution in [3.8, 4) is 17.6 Å². The average molecular weight is 560 g/mol. The zero-order chi connectivity index (χ0) is 24.7. The Morgan fingerprint density at radius 2 is 1.82 bits per heavy atom. The highest BCUT2D eigenvalue weighted by atomic mass is 79.9. The van der Waals surface area contributed by atoms with Crippen LogP contribution >= 0.6 is 39.1 Å². The molecule has 0 atom stereocenters. The van der Waals surface area contributed by atoms with Crippen molar-refractivity contribution in [3.05, 3.63) is 91.4 Å². The van der Waals surface area contributed by atoms with Crippen molar-refractivity contribution in [3.63, 3.8) is 0 Å². The molecule has 0 saturated heterocycles. The largest absolute Gasteiger partial charge is 0.490 e. The number of amides is 1. The monoisotopic (exact) mass is 558 g/mol. The van der Waals surface area contributed by atoms with E-state index in [2.05, 4.69) is 21.2 Å². The van der Waals surface area contributed by atoms with Gasteiger partial charge >= 0.3 is 0 Å². The molecule has 0 aliphatic rings. The van der Waals surface area contributed by atoms with Crippen LogP contribution in [0.15, 0.2) is 64.6 Å². The highest BCUT2D eigenvalue weighted by Gasteiger charge is 2.16. The molecule has 0 heterocycles. The fourth-order valence-electron chi connectivity index (χ4n) is 3.13. The predicted molar refractivity (Wildman–Crippen MR) is 140 cm³/mol. The maximum atomic E-state index is 12.7. The van der Waals surface area contributed by atoms with E-state index in [1.807, 2.05) is 38.1 Å². The standard InChI is InChI=1S/C26H21BrCl2N2O3/c1-3-33-24-13-17(11-18(14-30)26(32)31-19-7-4-6-16(2)10-19)12-21(27)25(24)34-15-20-22(28)8-5-9-23(20)29/h4-13H,3,15H2,1-2H3,(H,31,32)/b18-11-. The molecular weight excluding hydrogens is 539 g/mol. The Balaban J connectivity index is 1.87. The van der Waals surface area contributed by atoms with E-state index in [9.17, 15) is 10.1 Å². The fraction of sp³-hybridized carbons (Fsp3) is 0.154. The molecule has 8 heteroatoms. The first-order valence-electron chi connectivity index (χ1n) is 10.3. The predicted octanol–water partition coefficient (Wildman–Crippen LogP) is 7.59. The molecule has 34 heavy (non-hydrogen) atoms. The Hall–Kier alpha value is -2.98. The molecule has 3 aromatic carbocycles. The zero-order valence-corrected chi connectivity index (χ0v) is 21.6. The molecule has 0 aromatic heterocycles. The number of hydrogen-bond donors (Lipinski definition) is 1. The van der Waals surface area contributed by atoms with Crippen LogP contribution < -0.4 is 14.8 Å². The van der Waals surface area contributed by atoms with Crippen molar-refractivity contribution >= 4 is 56.8 Å². The van der Waals surface area contributed by atoms with E-state index in [1.165, 1.54) is 6.08 Å². The molecule has 3 aromatic rings. The summed E-state index contributed by atoms with van der Waals surface area (Å²) in [7, 11) is 0. The van der Waals surface area contributed by atoms with Crippen molar-refractivity contribution in [2.24, 2.45) is 0 Å². The molecule has 0 aliphatic carbocycles. The van der Waals surface area contributed by atoms with Crippen LogP contribution in [0.2, 0.25) is 10.0 Å². The number of ether oxygens (including phenoxy) is 2. The van der Waals surface area contributed by atoms with E-state index >= 15 is 0 Å². The summed E-state index contributed by atoms with van der Waals surface area (Å²) >= 11 is 16.0. The summed E-state index contributed by atoms with van der Waals surface area (Å²) in [5.74, 6) is 0.399. The van der Waals surface area contributed by atoms with Crippen LogP contribution in [0.3, 0.4) is 0 Å². The Bertz CT molecular complexity index is 1270. The quantitative estimate of drug-likeness (QED) is 0.228. The second kappa shape index (κ2) is 11.9. The lowest BCUT2D eigenvalue weighted by Gasteiger charge is -2.16. The molecule has 0 aliphatic heterocycles. The van der Waals surface area contributed by atoms with Gasteiger partial charge in [0.25, 0.3) is 5.91 Å². The van der Waals surface area contributed by atoms with Gasteiger partial charge in [-0.1, -0.05) is 41.4 Å². The van der Waals surface area contributed by atoms with Gasteiger partial charge in [0.05, 0.1) is 11.1 Å². The van der Waals surface area contributed by atoms with Crippen LogP contribution in [-0.2, 0) is 11.4 Å². The topological polar surface area (TPSA) is 71.3 Å². The third-order valence-electron chi connectivity index (χ3n) is 4.71. The Morgan fingerprint density at radius 3 is 2.47 bits per heavy atom. The second-order valence-electron chi connectivity index (χ2n) is 7.25. The number of nitriles is 1. The maximum absolute atomic E-state index is 12.7. The van der Waals surface area contributed by atoms with E-state index < -0.39 is 5.91 Å². The van der Waals surface area contributed by atoms with Gasteiger partial charge in [0, 0.05) is 21.3 Å². The molecule has 0 saturated carbocycles. The number of aryl methyl sites for hydroxylation is 1. The molecule has 1 amide bonds. The fourth-order valence-corrected chi connectivity index (χ4v) is 4.21. The molecular formula is C26H21BrCl2N2O3. The van der Waals surface area contributed by atoms with Crippen LogP contribution in [0.25, 0.3) is 6.08 Å². The molecule has 3 rings (SSSR count). The molecule has 5 nitrogen and oxygen atoms in total. The van der Waals surface area contributed by atoms with Crippen molar-refractivity contribution < 1.29 is 14.3 Å². The van der Waals surface area contributed by atoms with E-state index in [1.54, 1.807) is 36.4 Å². The smallest absolute Gasteiger partial charge is 0.266 e. The third kappa shape index (κ3) is 6.54. The number of nitrogens with one attached hydrogen (secondary N) is 1. The summed E-state index contributed by atoms with van der Waals surface area (Å²) < 4.78 is 12.3. The number of rotatable bonds is 8. The number of hydrogen-bond acceptors (Lipinski definition) is 4. The molecule has 0 radical (unpaired) electrons. The van der Waals surface area contributed by atoms with Crippen LogP contribution in [0.4, 0.5) is 5.69 Å². The number of anilines is 1. The first kappa shape index (κ1) is 25.6. The van der Waals surface area contributed by atoms with Crippen LogP contribution in [-0.4, -0.2) is 12.5 Å². The lowest BCUT2D eigenvalue weighted by atomic mass is 10.1. The van der Waals surface area contributed by atoms with Gasteiger partial charge in [-0.25, -0.2) is 0 Å². The number of benzene rings is 3. The Kier molecular flexibility index (Phi) is 9.00. The van der Waals surface area contributed by atoms with Crippen molar-refractivity contribution in [1.29, 1.82) is 5.26 Å². The molecule has 174 valence electrons. The van der Waals surface area contributed by atoms with E-state index in [4.69, 9.17) is 32.7 Å². The minimum Gasteiger partial charge on any atom is -0.490 e. The number of halogens is 3. The van der Waals surface area contributed by atoms with Crippen molar-refractivity contribution in [1.82, 2.24) is 0 Å². The number of carbonyl (C=O) groups is 1. The first-order chi connectivity index (χ1) is 16.3. The van der Waals surface area contributed by atoms with Crippen LogP contribution in [0.1, 0.15) is 23.6 Å². The van der Waals surface area contributed by atoms with Gasteiger partial charge in [-0.15, -0.1) is 0 Å². The third-order valence-corrected chi connectivity index (χ3v) is 6.00. The van der Waals surface area contributed by atoms with Crippen molar-refractivity contribution in [2.75, 3.05) is 11.9 Å². The lowest BCUT2D eigenvalue weighted by Crippen LogP contribution is -2.13. The van der Waals surface area contributed by atoms with Crippen LogP contribution in [0.5, 0.6) is 11.5 Å². The van der Waals surface area contributed by atoms with E-state index in [0.29, 0.717) is 49.4 Å². The average Bonchev–Trinajstić information content (AvgIpc) is 2.78. The lowest BCUT2D eigenvalue weighted by molar-refractivity contribution is -0.112. The van der Waals surface area contributed by atoms with Gasteiger partial charge in [-0.3, -0.25) is 4.79 Å². The summed E-state index contributed by atoms with van der Waals surface area (Å²) in [6, 6.07) is 18.0. The SMILES string of the molecule is CCOc1cc(/C=C(/C#N)C(=O)Nc2cccc(C)c2)cc(Br)c1OCc1c(Cl)cccc1Cl. The molecule has 1 N–H and O–H groups in total. The summed E-state index contributed by atoms with van der Waals surface area (Å²) in [6.07, 6.45) is 1.49. The number of nitrogens with zero attached hydrogens (tertiary/aromatic N) is 1. The van der Waals surface area contributed by atoms with Crippen LogP contribution in [0, 0.1) is 18.3 Å². The highest BCUT2D eigenvalue weighted by molar-refractivity contribution is 9.10. The molecule has 0 spiro atoms. The molecule has 0 unspecified atom stereocenters. The van der Waals surface area contributed by atoms with Gasteiger partial charge in [-0.05, 0) is 83.4 Å². The minimum absolute atomic E-state index is 0.0487. The van der Waals surface area contributed by atoms with Gasteiger partial charge < -0.3 is 14.8 Å². The van der Waals surface area contributed by atoms with Gasteiger partial charge in [0.15, 0.2) is 11.5 Å². The highest BCUT2D eigenvalue weighted by Crippen LogP contribution is 2.39. The Morgan fingerprint density at radius 1 is 1.12 bits per heavy atom. The summed E-state index contributed by atoms with van der Waals surface area (Å²) in [5.41, 5.74) is 2.81. The molecule has 0 bridgehead atoms. The van der Waals surface area contributed by atoms with E-state index in [-0.39, 0.29) is 12.2 Å². The van der Waals surface area contributed by atoms with Gasteiger partial charge in [-0.2, -0.15) is 5.26 Å². The minimum atomic E-state index is -0.504. The normalized spacial score (nSPS) is 11.0. The summed E-state index contributed by atoms with van der Waals surface area (Å²) in [4.78, 5) is 12.7. The molecule has 0 fully saturated rings. The second-order valence-corrected chi connectivity index (χ2v) is 8.91. The summed E-state index contributed by atoms with van der Waals surface area (Å²) in [5, 5.41) is 13.3. The number of carbonyl (C=O) groups excluding carboxylic acids is 1. The van der Waals surface area contributed by atoms with Crippen molar-refractivity contribution in [2.45, 2.75) is 20.5 Å². The maximum Gasteiger partial charge on any atom is 0.266 e. The van der Waals surface area contributed by atoms with E-state index in [0.717, 1.165) is 5.56 Å². The van der Waals surface area contributed by atoms with Gasteiger partial charge in [0.1, 0.15) is 18.2 Å². The zero-order valence-electron chi connectivity index (χ0n) is 18.5. The van der Waals surface area contributed by atoms with Gasteiger partial charge in [0.2, 0.25) is 0 Å². The Labute approximate surface area is 217 Å². The summed E-state index contributed by atoms with van der Waals surface area (Å²) in [6.45, 7) is 4.30.